The van der Waals surface area contributed by atoms with E-state index in [1.165, 1.54) is 5.56 Å². The van der Waals surface area contributed by atoms with Gasteiger partial charge in [0.1, 0.15) is 0 Å². The maximum atomic E-state index is 5.66. The number of rotatable bonds is 5. The number of hydrogen-bond donors (Lipinski definition) is 3. The summed E-state index contributed by atoms with van der Waals surface area (Å²) in [5, 5.41) is 7.10. The van der Waals surface area contributed by atoms with Crippen molar-refractivity contribution >= 4 is 28.7 Å². The van der Waals surface area contributed by atoms with Gasteiger partial charge < -0.3 is 16.4 Å². The molecule has 110 valence electrons. The highest BCUT2D eigenvalue weighted by Crippen LogP contribution is 2.10. The zero-order chi connectivity index (χ0) is 15.1. The van der Waals surface area contributed by atoms with Crippen LogP contribution in [-0.2, 0) is 6.42 Å². The van der Waals surface area contributed by atoms with Gasteiger partial charge in [-0.1, -0.05) is 30.3 Å². The number of thiocarbonyl (C=S) groups is 1. The predicted octanol–water partition coefficient (Wildman–Crippen LogP) is 3.58. The first-order valence-corrected chi connectivity index (χ1v) is 7.51. The van der Waals surface area contributed by atoms with Crippen LogP contribution >= 0.6 is 12.2 Å². The van der Waals surface area contributed by atoms with Gasteiger partial charge in [-0.05, 0) is 61.8 Å². The van der Waals surface area contributed by atoms with E-state index in [-0.39, 0.29) is 0 Å². The van der Waals surface area contributed by atoms with Gasteiger partial charge in [-0.3, -0.25) is 0 Å². The van der Waals surface area contributed by atoms with Gasteiger partial charge in [-0.15, -0.1) is 0 Å². The third kappa shape index (κ3) is 5.44. The number of anilines is 2. The monoisotopic (exact) mass is 299 g/mol. The lowest BCUT2D eigenvalue weighted by Gasteiger charge is -2.17. The topological polar surface area (TPSA) is 50.1 Å². The predicted molar refractivity (Wildman–Crippen MR) is 94.4 cm³/mol. The molecule has 0 bridgehead atoms. The molecule has 0 saturated heterocycles. The molecule has 2 rings (SSSR count). The number of aryl methyl sites for hydroxylation is 1. The molecule has 0 aromatic heterocycles. The Hall–Kier alpha value is -2.07. The minimum Gasteiger partial charge on any atom is -0.399 e. The van der Waals surface area contributed by atoms with Gasteiger partial charge in [0.05, 0.1) is 0 Å². The van der Waals surface area contributed by atoms with Gasteiger partial charge in [-0.2, -0.15) is 0 Å². The Labute approximate surface area is 131 Å². The molecule has 0 amide bonds. The molecule has 0 aliphatic heterocycles. The van der Waals surface area contributed by atoms with Crippen molar-refractivity contribution in [3.63, 3.8) is 0 Å². The Morgan fingerprint density at radius 2 is 1.76 bits per heavy atom. The van der Waals surface area contributed by atoms with Crippen LogP contribution in [0.5, 0.6) is 0 Å². The summed E-state index contributed by atoms with van der Waals surface area (Å²) in [6, 6.07) is 18.3. The van der Waals surface area contributed by atoms with E-state index in [4.69, 9.17) is 18.0 Å². The standard InChI is InChI=1S/C17H21N3S/c1-13(7-8-14-5-3-2-4-6-14)19-17(21)20-16-11-9-15(18)10-12-16/h2-6,9-13H,7-8,18H2,1H3,(H2,19,20,21). The Kier molecular flexibility index (Phi) is 5.58. The summed E-state index contributed by atoms with van der Waals surface area (Å²) in [5.74, 6) is 0. The molecule has 4 heteroatoms. The van der Waals surface area contributed by atoms with Crippen LogP contribution in [0, 0.1) is 0 Å². The van der Waals surface area contributed by atoms with Gasteiger partial charge in [0.15, 0.2) is 5.11 Å². The van der Waals surface area contributed by atoms with Gasteiger partial charge in [0.25, 0.3) is 0 Å². The van der Waals surface area contributed by atoms with Crippen LogP contribution < -0.4 is 16.4 Å². The average Bonchev–Trinajstić information content (AvgIpc) is 2.48. The SMILES string of the molecule is CC(CCc1ccccc1)NC(=S)Nc1ccc(N)cc1. The number of nitrogens with one attached hydrogen (secondary N) is 2. The average molecular weight is 299 g/mol. The molecule has 21 heavy (non-hydrogen) atoms. The molecule has 0 radical (unpaired) electrons. The normalized spacial score (nSPS) is 11.7. The number of hydrogen-bond acceptors (Lipinski definition) is 2. The molecular weight excluding hydrogens is 278 g/mol. The van der Waals surface area contributed by atoms with Crippen molar-refractivity contribution in [2.24, 2.45) is 0 Å². The van der Waals surface area contributed by atoms with E-state index in [1.54, 1.807) is 0 Å². The van der Waals surface area contributed by atoms with Gasteiger partial charge in [0, 0.05) is 17.4 Å². The molecule has 0 aliphatic carbocycles. The molecule has 0 heterocycles. The van der Waals surface area contributed by atoms with Crippen molar-refractivity contribution in [2.75, 3.05) is 11.1 Å². The maximum Gasteiger partial charge on any atom is 0.170 e. The fraction of sp³-hybridized carbons (Fsp3) is 0.235. The van der Waals surface area contributed by atoms with Crippen molar-refractivity contribution in [1.29, 1.82) is 0 Å². The van der Waals surface area contributed by atoms with E-state index in [9.17, 15) is 0 Å². The Morgan fingerprint density at radius 1 is 1.10 bits per heavy atom. The van der Waals surface area contributed by atoms with Crippen molar-refractivity contribution < 1.29 is 0 Å². The zero-order valence-corrected chi connectivity index (χ0v) is 13.0. The molecule has 0 aliphatic rings. The molecule has 1 unspecified atom stereocenters. The second kappa shape index (κ2) is 7.64. The van der Waals surface area contributed by atoms with Gasteiger partial charge in [0.2, 0.25) is 0 Å². The lowest BCUT2D eigenvalue weighted by molar-refractivity contribution is 0.609. The van der Waals surface area contributed by atoms with Crippen LogP contribution in [0.15, 0.2) is 54.6 Å². The third-order valence-electron chi connectivity index (χ3n) is 3.25. The Morgan fingerprint density at radius 3 is 2.43 bits per heavy atom. The minimum atomic E-state index is 0.319. The third-order valence-corrected chi connectivity index (χ3v) is 3.47. The smallest absolute Gasteiger partial charge is 0.170 e. The van der Waals surface area contributed by atoms with E-state index in [0.29, 0.717) is 11.2 Å². The van der Waals surface area contributed by atoms with E-state index in [2.05, 4.69) is 41.8 Å². The first-order valence-electron chi connectivity index (χ1n) is 7.10. The first kappa shape index (κ1) is 15.3. The second-order valence-corrected chi connectivity index (χ2v) is 5.55. The molecule has 4 N–H and O–H groups in total. The van der Waals surface area contributed by atoms with Crippen LogP contribution in [0.3, 0.4) is 0 Å². The summed E-state index contributed by atoms with van der Waals surface area (Å²) in [5.41, 5.74) is 8.69. The summed E-state index contributed by atoms with van der Waals surface area (Å²) in [6.45, 7) is 2.14. The fourth-order valence-electron chi connectivity index (χ4n) is 2.06. The Bertz CT molecular complexity index is 566. The summed E-state index contributed by atoms with van der Waals surface area (Å²) in [7, 11) is 0. The van der Waals surface area contributed by atoms with E-state index < -0.39 is 0 Å². The summed E-state index contributed by atoms with van der Waals surface area (Å²) < 4.78 is 0. The molecule has 0 saturated carbocycles. The molecule has 2 aromatic carbocycles. The highest BCUT2D eigenvalue weighted by Gasteiger charge is 2.05. The molecular formula is C17H21N3S. The Balaban J connectivity index is 1.75. The van der Waals surface area contributed by atoms with Crippen LogP contribution in [0.2, 0.25) is 0 Å². The fourth-order valence-corrected chi connectivity index (χ4v) is 2.38. The quantitative estimate of drug-likeness (QED) is 0.583. The van der Waals surface area contributed by atoms with Crippen LogP contribution in [0.25, 0.3) is 0 Å². The number of nitrogen functional groups attached to an aromatic ring is 1. The molecule has 2 aromatic rings. The van der Waals surface area contributed by atoms with Crippen LogP contribution in [-0.4, -0.2) is 11.2 Å². The largest absolute Gasteiger partial charge is 0.399 e. The van der Waals surface area contributed by atoms with E-state index in [0.717, 1.165) is 24.2 Å². The highest BCUT2D eigenvalue weighted by molar-refractivity contribution is 7.80. The lowest BCUT2D eigenvalue weighted by atomic mass is 10.1. The van der Waals surface area contributed by atoms with Gasteiger partial charge >= 0.3 is 0 Å². The number of nitrogens with two attached hydrogens (primary N) is 1. The van der Waals surface area contributed by atoms with E-state index >= 15 is 0 Å². The molecule has 0 spiro atoms. The number of benzene rings is 2. The summed E-state index contributed by atoms with van der Waals surface area (Å²) in [4.78, 5) is 0. The lowest BCUT2D eigenvalue weighted by Crippen LogP contribution is -2.36. The maximum absolute atomic E-state index is 5.66. The highest BCUT2D eigenvalue weighted by atomic mass is 32.1. The van der Waals surface area contributed by atoms with Crippen LogP contribution in [0.1, 0.15) is 18.9 Å². The zero-order valence-electron chi connectivity index (χ0n) is 12.2. The van der Waals surface area contributed by atoms with Crippen molar-refractivity contribution in [3.8, 4) is 0 Å². The van der Waals surface area contributed by atoms with Crippen molar-refractivity contribution in [1.82, 2.24) is 5.32 Å². The summed E-state index contributed by atoms with van der Waals surface area (Å²) >= 11 is 5.32. The minimum absolute atomic E-state index is 0.319. The first-order chi connectivity index (χ1) is 10.1. The molecule has 3 nitrogen and oxygen atoms in total. The van der Waals surface area contributed by atoms with Crippen molar-refractivity contribution in [3.05, 3.63) is 60.2 Å². The van der Waals surface area contributed by atoms with E-state index in [1.807, 2.05) is 30.3 Å². The van der Waals surface area contributed by atoms with Crippen LogP contribution in [0.4, 0.5) is 11.4 Å². The second-order valence-electron chi connectivity index (χ2n) is 5.15. The molecule has 1 atom stereocenters. The molecule has 0 fully saturated rings. The van der Waals surface area contributed by atoms with Crippen molar-refractivity contribution in [2.45, 2.75) is 25.8 Å². The summed E-state index contributed by atoms with van der Waals surface area (Å²) in [6.07, 6.45) is 2.08. The van der Waals surface area contributed by atoms with Gasteiger partial charge in [-0.25, -0.2) is 0 Å².